The summed E-state index contributed by atoms with van der Waals surface area (Å²) in [6, 6.07) is 44.6. The van der Waals surface area contributed by atoms with E-state index in [0.717, 1.165) is 25.0 Å². The van der Waals surface area contributed by atoms with Gasteiger partial charge < -0.3 is 0 Å². The van der Waals surface area contributed by atoms with E-state index in [1.165, 1.54) is 231 Å². The molecule has 7 heterocycles. The van der Waals surface area contributed by atoms with Crippen LogP contribution in [-0.2, 0) is 38.5 Å². The Morgan fingerprint density at radius 3 is 1.61 bits per heavy atom. The summed E-state index contributed by atoms with van der Waals surface area (Å²) in [6.45, 7) is 40.4. The van der Waals surface area contributed by atoms with Crippen molar-refractivity contribution in [3.63, 3.8) is 0 Å². The van der Waals surface area contributed by atoms with Gasteiger partial charge in [-0.25, -0.2) is 0 Å². The average molecular weight is 1430 g/mol. The molecule has 7 heteroatoms. The number of hydrogen-bond acceptors (Lipinski definition) is 7. The van der Waals surface area contributed by atoms with Crippen molar-refractivity contribution in [2.45, 2.75) is 246 Å². The third-order valence-corrected chi connectivity index (χ3v) is 20.5. The lowest BCUT2D eigenvalue weighted by Gasteiger charge is -2.17. The predicted octanol–water partition coefficient (Wildman–Crippen LogP) is 27.1. The molecule has 0 radical (unpaired) electrons. The van der Waals surface area contributed by atoms with Crippen molar-refractivity contribution in [1.29, 1.82) is 0 Å². The highest BCUT2D eigenvalue weighted by molar-refractivity contribution is 5.71. The van der Waals surface area contributed by atoms with Crippen LogP contribution in [-0.4, -0.2) is 34.9 Å². The van der Waals surface area contributed by atoms with Crippen LogP contribution in [0.1, 0.15) is 236 Å². The van der Waals surface area contributed by atoms with Crippen LogP contribution in [0.5, 0.6) is 0 Å². The molecule has 2 aliphatic rings. The molecule has 1 atom stereocenters. The third-order valence-electron chi connectivity index (χ3n) is 20.5. The first-order valence-electron chi connectivity index (χ1n) is 39.7. The monoisotopic (exact) mass is 1430 g/mol. The normalized spacial score (nSPS) is 11.7. The Balaban J connectivity index is 0.000000192. The molecule has 2 aliphatic carbocycles. The zero-order chi connectivity index (χ0) is 77.3. The van der Waals surface area contributed by atoms with E-state index in [1.807, 2.05) is 93.4 Å². The lowest BCUT2D eigenvalue weighted by Crippen LogP contribution is -2.03. The Hall–Kier alpha value is -9.59. The lowest BCUT2D eigenvalue weighted by atomic mass is 9.89. The molecule has 0 bridgehead atoms. The van der Waals surface area contributed by atoms with E-state index in [0.29, 0.717) is 5.92 Å². The van der Waals surface area contributed by atoms with Gasteiger partial charge in [0.05, 0.1) is 0 Å². The fraction of sp³-hybridized carbons (Fsp3) is 0.370. The Bertz CT molecular complexity index is 4360. The Labute approximate surface area is 647 Å². The molecule has 7 aromatic heterocycles. The smallest absolute Gasteiger partial charge is 0.0407 e. The van der Waals surface area contributed by atoms with Crippen molar-refractivity contribution in [2.24, 2.45) is 0 Å². The van der Waals surface area contributed by atoms with Gasteiger partial charge in [-0.2, -0.15) is 0 Å². The summed E-state index contributed by atoms with van der Waals surface area (Å²) in [5, 5.41) is 0. The quantitative estimate of drug-likeness (QED) is 0.0624. The van der Waals surface area contributed by atoms with Gasteiger partial charge >= 0.3 is 0 Å². The summed E-state index contributed by atoms with van der Waals surface area (Å²) < 4.78 is 0. The van der Waals surface area contributed by atoms with Crippen LogP contribution in [0.3, 0.4) is 0 Å². The summed E-state index contributed by atoms with van der Waals surface area (Å²) in [7, 11) is 0. The fourth-order valence-electron chi connectivity index (χ4n) is 13.7. The molecule has 107 heavy (non-hydrogen) atoms. The fourth-order valence-corrected chi connectivity index (χ4v) is 13.7. The average Bonchev–Trinajstić information content (AvgIpc) is 1.79. The molecular formula is C100H127N7. The highest BCUT2D eigenvalue weighted by Crippen LogP contribution is 2.31. The molecule has 0 saturated heterocycles. The number of pyridine rings is 7. The molecule has 7 nitrogen and oxygen atoms in total. The van der Waals surface area contributed by atoms with E-state index in [2.05, 4.69) is 280 Å². The maximum atomic E-state index is 4.35. The van der Waals surface area contributed by atoms with Crippen LogP contribution in [0.25, 0.3) is 39.5 Å². The number of benzene rings is 4. The SMILES string of the molecule is C=C(C)CCCC(C)c1cncc(C)c1.CCCCC/C=C/c1ccncc1C.CCCCCc1cncc(C)c1-c1ccccc1.CCc1cnccc1-c1ccccc1.Cc1cccc2c1CCCC2.Cc1cnc(C)c(C)c1C.Cc1cnc(C)c2c1CCC2.Cc1cncc(C)c1-c1ccccc1. The van der Waals surface area contributed by atoms with Crippen molar-refractivity contribution in [3.8, 4) is 33.4 Å². The van der Waals surface area contributed by atoms with Gasteiger partial charge in [0.2, 0.25) is 0 Å². The molecule has 11 aromatic rings. The summed E-state index contributed by atoms with van der Waals surface area (Å²) in [6.07, 6.45) is 51.5. The van der Waals surface area contributed by atoms with Gasteiger partial charge in [-0.05, 0) is 338 Å². The van der Waals surface area contributed by atoms with Crippen molar-refractivity contribution < 1.29 is 0 Å². The molecule has 1 unspecified atom stereocenters. The predicted molar refractivity (Wildman–Crippen MR) is 461 cm³/mol. The highest BCUT2D eigenvalue weighted by atomic mass is 14.7. The zero-order valence-electron chi connectivity index (χ0n) is 68.6. The van der Waals surface area contributed by atoms with E-state index < -0.39 is 0 Å². The van der Waals surface area contributed by atoms with Crippen molar-refractivity contribution in [3.05, 3.63) is 332 Å². The summed E-state index contributed by atoms with van der Waals surface area (Å²) in [5.74, 6) is 0.608. The van der Waals surface area contributed by atoms with Crippen molar-refractivity contribution in [1.82, 2.24) is 34.9 Å². The summed E-state index contributed by atoms with van der Waals surface area (Å²) in [5.41, 5.74) is 36.2. The molecule has 0 spiro atoms. The van der Waals surface area contributed by atoms with Gasteiger partial charge in [-0.1, -0.05) is 186 Å². The largest absolute Gasteiger partial charge is 0.264 e. The molecule has 0 N–H and O–H groups in total. The number of hydrogen-bond donors (Lipinski definition) is 0. The highest BCUT2D eigenvalue weighted by Gasteiger charge is 2.16. The minimum atomic E-state index is 0.608. The number of aryl methyl sites for hydroxylation is 13. The van der Waals surface area contributed by atoms with Crippen LogP contribution in [0, 0.1) is 83.1 Å². The maximum absolute atomic E-state index is 4.35. The number of allylic oxidation sites excluding steroid dienone is 2. The molecule has 13 rings (SSSR count). The maximum Gasteiger partial charge on any atom is 0.0407 e. The van der Waals surface area contributed by atoms with E-state index in [-0.39, 0.29) is 0 Å². The first-order chi connectivity index (χ1) is 51.8. The van der Waals surface area contributed by atoms with E-state index in [9.17, 15) is 0 Å². The number of aromatic nitrogens is 7. The molecule has 0 aliphatic heterocycles. The summed E-state index contributed by atoms with van der Waals surface area (Å²) >= 11 is 0. The van der Waals surface area contributed by atoms with Crippen molar-refractivity contribution in [2.75, 3.05) is 0 Å². The molecular weight excluding hydrogens is 1300 g/mol. The van der Waals surface area contributed by atoms with Gasteiger partial charge in [0.25, 0.3) is 0 Å². The standard InChI is InChI=1S/C17H21N.C14H21N.2C13H13N.C13H19N.C11H14.C10H13N.C9H13N/c1-3-4-6-11-16-13-18-12-14(2)17(16)15-9-7-5-8-10-15;1-11(2)6-5-7-13(4)14-8-12(3)9-15-10-14;1-10-8-14-9-11(2)13(10)12-6-4-3-5-7-12;1-2-11-10-14-9-8-13(11)12-6-4-3-5-7-12;1-3-4-5-6-7-8-13-9-10-14-11-12(13)2;1-9-5-4-7-10-6-2-3-8-11(9)10;1-7-6-11-8(2)10-5-3-4-9(7)10;1-6-5-10-9(4)8(3)7(6)2/h5,7-10,12-13H,3-4,6,11H2,1-2H3;8-10,13H,1,5-7H2,2-4H3;3-9H,1-2H3;3-10H,2H2,1H3;7-11H,3-6H2,1-2H3;4-5,7H,2-3,6,8H2,1H3;6H,3-5H2,1-2H3;5H,1-4H3/b;;;;8-7+;;;. The number of nitrogens with zero attached hydrogens (tertiary/aromatic N) is 7. The van der Waals surface area contributed by atoms with Crippen LogP contribution in [0.15, 0.2) is 220 Å². The molecule has 0 saturated carbocycles. The van der Waals surface area contributed by atoms with Crippen LogP contribution in [0.4, 0.5) is 0 Å². The van der Waals surface area contributed by atoms with Crippen LogP contribution in [0.2, 0.25) is 0 Å². The molecule has 0 amide bonds. The van der Waals surface area contributed by atoms with Gasteiger partial charge in [0, 0.05) is 85.7 Å². The second kappa shape index (κ2) is 47.9. The Morgan fingerprint density at radius 1 is 0.439 bits per heavy atom. The van der Waals surface area contributed by atoms with E-state index >= 15 is 0 Å². The van der Waals surface area contributed by atoms with E-state index in [1.54, 1.807) is 16.7 Å². The topological polar surface area (TPSA) is 90.2 Å². The number of unbranched alkanes of at least 4 members (excludes halogenated alkanes) is 5. The third kappa shape index (κ3) is 29.2. The van der Waals surface area contributed by atoms with Gasteiger partial charge in [-0.15, -0.1) is 6.58 Å². The second-order valence-electron chi connectivity index (χ2n) is 29.3. The van der Waals surface area contributed by atoms with Crippen LogP contribution < -0.4 is 0 Å². The molecule has 562 valence electrons. The first kappa shape index (κ1) is 86.3. The lowest BCUT2D eigenvalue weighted by molar-refractivity contribution is 0.630. The van der Waals surface area contributed by atoms with Gasteiger partial charge in [0.15, 0.2) is 0 Å². The number of rotatable bonds is 18. The van der Waals surface area contributed by atoms with Gasteiger partial charge in [0.1, 0.15) is 0 Å². The molecule has 4 aromatic carbocycles. The van der Waals surface area contributed by atoms with Gasteiger partial charge in [-0.3, -0.25) is 34.9 Å². The van der Waals surface area contributed by atoms with Crippen LogP contribution >= 0.6 is 0 Å². The zero-order valence-corrected chi connectivity index (χ0v) is 68.6. The number of fused-ring (bicyclic) bond motifs is 2. The summed E-state index contributed by atoms with van der Waals surface area (Å²) in [4.78, 5) is 29.5. The molecule has 0 fully saturated rings. The minimum absolute atomic E-state index is 0.608. The first-order valence-corrected chi connectivity index (χ1v) is 39.7. The second-order valence-corrected chi connectivity index (χ2v) is 29.3. The van der Waals surface area contributed by atoms with E-state index in [4.69, 9.17) is 0 Å². The Kier molecular flexibility index (Phi) is 38.6. The van der Waals surface area contributed by atoms with Crippen molar-refractivity contribution >= 4 is 6.08 Å². The Morgan fingerprint density at radius 2 is 0.991 bits per heavy atom. The minimum Gasteiger partial charge on any atom is -0.264 e.